The van der Waals surface area contributed by atoms with Crippen molar-refractivity contribution in [3.63, 3.8) is 0 Å². The number of aryl methyl sites for hydroxylation is 1. The van der Waals surface area contributed by atoms with Crippen LogP contribution >= 0.6 is 0 Å². The van der Waals surface area contributed by atoms with Crippen molar-refractivity contribution in [2.75, 3.05) is 16.8 Å². The Hall–Kier alpha value is -3.61. The summed E-state index contributed by atoms with van der Waals surface area (Å²) in [6, 6.07) is 12.7. The highest BCUT2D eigenvalue weighted by Gasteiger charge is 2.26. The molecule has 7 nitrogen and oxygen atoms in total. The molecule has 1 aromatic heterocycles. The van der Waals surface area contributed by atoms with E-state index < -0.39 is 11.5 Å². The monoisotopic (exact) mass is 503 g/mol. The molecular weight excluding hydrogens is 466 g/mol. The van der Waals surface area contributed by atoms with Gasteiger partial charge in [0.2, 0.25) is 5.43 Å². The number of anilines is 2. The van der Waals surface area contributed by atoms with E-state index in [0.717, 1.165) is 49.8 Å². The second kappa shape index (κ2) is 11.6. The van der Waals surface area contributed by atoms with Crippen LogP contribution in [0.4, 0.5) is 16.2 Å². The number of hydrogen-bond donors (Lipinski definition) is 2. The van der Waals surface area contributed by atoms with E-state index in [-0.39, 0.29) is 17.1 Å². The average Bonchev–Trinajstić information content (AvgIpc) is 2.84. The first kappa shape index (κ1) is 26.5. The second-order valence-electron chi connectivity index (χ2n) is 10.7. The SMILES string of the molecule is CC(C)(C)OC(=O)N1CCCCCCCCCc2ccc(NC(=O)c3c[nH]c4ccccc4c3=O)cc21. The number of carbonyl (C=O) groups excluding carboxylic acids is 2. The maximum absolute atomic E-state index is 13.3. The van der Waals surface area contributed by atoms with Crippen LogP contribution in [0.15, 0.2) is 53.5 Å². The topological polar surface area (TPSA) is 91.5 Å². The van der Waals surface area contributed by atoms with Gasteiger partial charge in [-0.2, -0.15) is 0 Å². The van der Waals surface area contributed by atoms with Crippen LogP contribution in [0.1, 0.15) is 81.6 Å². The molecule has 2 N–H and O–H groups in total. The number of pyridine rings is 1. The van der Waals surface area contributed by atoms with Crippen LogP contribution < -0.4 is 15.6 Å². The standard InChI is InChI=1S/C30H37N3O4/c1-30(2,3)37-29(36)33-18-12-8-6-4-5-7-9-13-21-16-17-22(19-26(21)33)32-28(35)24-20-31-25-15-11-10-14-23(25)27(24)34/h10-11,14-17,19-20H,4-9,12-13,18H2,1-3H3,(H,31,34)(H,32,35). The minimum atomic E-state index is -0.621. The highest BCUT2D eigenvalue weighted by molar-refractivity contribution is 6.06. The summed E-state index contributed by atoms with van der Waals surface area (Å²) in [7, 11) is 0. The average molecular weight is 504 g/mol. The number of hydrogen-bond acceptors (Lipinski definition) is 4. The molecule has 0 saturated carbocycles. The molecule has 0 saturated heterocycles. The van der Waals surface area contributed by atoms with Crippen LogP contribution in [0.3, 0.4) is 0 Å². The van der Waals surface area contributed by atoms with Gasteiger partial charge in [0.1, 0.15) is 11.2 Å². The van der Waals surface area contributed by atoms with Gasteiger partial charge in [-0.05, 0) is 69.9 Å². The molecule has 0 unspecified atom stereocenters. The van der Waals surface area contributed by atoms with Crippen molar-refractivity contribution in [2.24, 2.45) is 0 Å². The number of aromatic nitrogens is 1. The molecule has 2 aromatic carbocycles. The van der Waals surface area contributed by atoms with Gasteiger partial charge < -0.3 is 15.0 Å². The van der Waals surface area contributed by atoms with E-state index in [2.05, 4.69) is 10.3 Å². The molecule has 0 bridgehead atoms. The predicted octanol–water partition coefficient (Wildman–Crippen LogP) is 6.81. The normalized spacial score (nSPS) is 15.3. The summed E-state index contributed by atoms with van der Waals surface area (Å²) in [6.07, 6.45) is 9.61. The lowest BCUT2D eigenvalue weighted by molar-refractivity contribution is 0.0579. The number of para-hydroxylation sites is 1. The first-order valence-electron chi connectivity index (χ1n) is 13.3. The lowest BCUT2D eigenvalue weighted by Gasteiger charge is -2.29. The fraction of sp³-hybridized carbons (Fsp3) is 0.433. The van der Waals surface area contributed by atoms with Gasteiger partial charge in [0.25, 0.3) is 5.91 Å². The molecule has 0 atom stereocenters. The molecule has 196 valence electrons. The highest BCUT2D eigenvalue weighted by atomic mass is 16.6. The predicted molar refractivity (Wildman–Crippen MR) is 149 cm³/mol. The molecular formula is C30H37N3O4. The van der Waals surface area contributed by atoms with Gasteiger partial charge in [-0.15, -0.1) is 0 Å². The Morgan fingerprint density at radius 1 is 0.946 bits per heavy atom. The van der Waals surface area contributed by atoms with Crippen molar-refractivity contribution in [3.05, 3.63) is 70.0 Å². The number of rotatable bonds is 2. The second-order valence-corrected chi connectivity index (χ2v) is 10.7. The summed E-state index contributed by atoms with van der Waals surface area (Å²) in [6.45, 7) is 6.13. The number of nitrogens with zero attached hydrogens (tertiary/aromatic N) is 1. The molecule has 0 radical (unpaired) electrons. The number of benzene rings is 2. The Morgan fingerprint density at radius 2 is 1.65 bits per heavy atom. The van der Waals surface area contributed by atoms with Crippen LogP contribution in [0.25, 0.3) is 10.9 Å². The fourth-order valence-corrected chi connectivity index (χ4v) is 4.74. The van der Waals surface area contributed by atoms with Crippen LogP contribution in [-0.4, -0.2) is 29.1 Å². The maximum Gasteiger partial charge on any atom is 0.414 e. The Labute approximate surface area is 218 Å². The Morgan fingerprint density at radius 3 is 2.41 bits per heavy atom. The van der Waals surface area contributed by atoms with Gasteiger partial charge >= 0.3 is 6.09 Å². The molecule has 2 amide bonds. The molecule has 37 heavy (non-hydrogen) atoms. The van der Waals surface area contributed by atoms with Gasteiger partial charge in [-0.3, -0.25) is 14.5 Å². The zero-order chi connectivity index (χ0) is 26.4. The summed E-state index contributed by atoms with van der Waals surface area (Å²) in [5.74, 6) is -0.496. The van der Waals surface area contributed by atoms with Crippen LogP contribution in [0, 0.1) is 0 Å². The highest BCUT2D eigenvalue weighted by Crippen LogP contribution is 2.30. The molecule has 1 aliphatic heterocycles. The van der Waals surface area contributed by atoms with Gasteiger partial charge in [0.15, 0.2) is 0 Å². The molecule has 7 heteroatoms. The third-order valence-corrected chi connectivity index (χ3v) is 6.61. The number of ether oxygens (including phenoxy) is 1. The van der Waals surface area contributed by atoms with E-state index in [4.69, 9.17) is 4.74 Å². The van der Waals surface area contributed by atoms with E-state index in [9.17, 15) is 14.4 Å². The van der Waals surface area contributed by atoms with E-state index in [0.29, 0.717) is 23.1 Å². The number of fused-ring (bicyclic) bond motifs is 2. The number of nitrogens with one attached hydrogen (secondary N) is 2. The molecule has 0 aliphatic carbocycles. The summed E-state index contributed by atoms with van der Waals surface area (Å²) in [5, 5.41) is 3.33. The number of amides is 2. The zero-order valence-electron chi connectivity index (χ0n) is 22.1. The van der Waals surface area contributed by atoms with Gasteiger partial charge in [-0.1, -0.05) is 50.3 Å². The molecule has 1 aliphatic rings. The van der Waals surface area contributed by atoms with Crippen molar-refractivity contribution in [3.8, 4) is 0 Å². The minimum absolute atomic E-state index is 0.0375. The maximum atomic E-state index is 13.3. The van der Waals surface area contributed by atoms with Crippen molar-refractivity contribution in [2.45, 2.75) is 77.7 Å². The molecule has 3 aromatic rings. The van der Waals surface area contributed by atoms with Crippen molar-refractivity contribution >= 4 is 34.3 Å². The largest absolute Gasteiger partial charge is 0.443 e. The van der Waals surface area contributed by atoms with Gasteiger partial charge in [-0.25, -0.2) is 4.79 Å². The van der Waals surface area contributed by atoms with Crippen LogP contribution in [-0.2, 0) is 11.2 Å². The van der Waals surface area contributed by atoms with Gasteiger partial charge in [0.05, 0.1) is 5.69 Å². The van der Waals surface area contributed by atoms with E-state index in [1.807, 2.05) is 45.0 Å². The minimum Gasteiger partial charge on any atom is -0.443 e. The first-order valence-corrected chi connectivity index (χ1v) is 13.3. The lowest BCUT2D eigenvalue weighted by Crippen LogP contribution is -2.38. The third-order valence-electron chi connectivity index (χ3n) is 6.61. The van der Waals surface area contributed by atoms with Crippen molar-refractivity contribution < 1.29 is 14.3 Å². The van der Waals surface area contributed by atoms with Crippen LogP contribution in [0.5, 0.6) is 0 Å². The van der Waals surface area contributed by atoms with E-state index >= 15 is 0 Å². The van der Waals surface area contributed by atoms with Crippen molar-refractivity contribution in [1.82, 2.24) is 4.98 Å². The van der Waals surface area contributed by atoms with Gasteiger partial charge in [0, 0.05) is 29.3 Å². The van der Waals surface area contributed by atoms with E-state index in [1.165, 1.54) is 19.0 Å². The molecule has 2 heterocycles. The smallest absolute Gasteiger partial charge is 0.414 e. The summed E-state index contributed by atoms with van der Waals surface area (Å²) >= 11 is 0. The molecule has 0 spiro atoms. The first-order chi connectivity index (χ1) is 17.7. The quantitative estimate of drug-likeness (QED) is 0.402. The number of aromatic amines is 1. The Balaban J connectivity index is 1.66. The number of carbonyl (C=O) groups is 2. The molecule has 0 fully saturated rings. The Bertz CT molecular complexity index is 1320. The van der Waals surface area contributed by atoms with Crippen molar-refractivity contribution in [1.29, 1.82) is 0 Å². The van der Waals surface area contributed by atoms with Crippen LogP contribution in [0.2, 0.25) is 0 Å². The summed E-state index contributed by atoms with van der Waals surface area (Å²) in [5.41, 5.74) is 2.09. The summed E-state index contributed by atoms with van der Waals surface area (Å²) < 4.78 is 5.76. The zero-order valence-corrected chi connectivity index (χ0v) is 22.1. The number of H-pyrrole nitrogens is 1. The Kier molecular flexibility index (Phi) is 8.31. The summed E-state index contributed by atoms with van der Waals surface area (Å²) in [4.78, 5) is 44.1. The molecule has 4 rings (SSSR count). The fourth-order valence-electron chi connectivity index (χ4n) is 4.74. The third kappa shape index (κ3) is 6.79. The van der Waals surface area contributed by atoms with E-state index in [1.54, 1.807) is 23.1 Å². The lowest BCUT2D eigenvalue weighted by atomic mass is 10.0.